The molecule has 2 aromatic carbocycles. The standard InChI is InChI=1S/C15H13NO3/c1-10-6-8-11(9-7-10)16-14(17)12-4-2-3-5-13(12)15(18)19/h2-9H,1H3,(H,16,17)(H,18,19). The molecule has 4 heteroatoms. The molecule has 0 spiro atoms. The molecule has 0 radical (unpaired) electrons. The molecule has 2 rings (SSSR count). The van der Waals surface area contributed by atoms with Crippen LogP contribution in [-0.4, -0.2) is 17.0 Å². The lowest BCUT2D eigenvalue weighted by atomic mass is 10.1. The van der Waals surface area contributed by atoms with Gasteiger partial charge in [-0.05, 0) is 31.2 Å². The highest BCUT2D eigenvalue weighted by atomic mass is 16.4. The first-order valence-corrected chi connectivity index (χ1v) is 5.78. The Morgan fingerprint density at radius 2 is 1.53 bits per heavy atom. The number of rotatable bonds is 3. The van der Waals surface area contributed by atoms with Crippen molar-refractivity contribution in [1.29, 1.82) is 0 Å². The van der Waals surface area contributed by atoms with Crippen LogP contribution in [-0.2, 0) is 0 Å². The van der Waals surface area contributed by atoms with E-state index in [0.29, 0.717) is 5.69 Å². The van der Waals surface area contributed by atoms with Gasteiger partial charge in [-0.1, -0.05) is 29.8 Å². The van der Waals surface area contributed by atoms with Crippen molar-refractivity contribution in [3.05, 3.63) is 65.2 Å². The van der Waals surface area contributed by atoms with Crippen LogP contribution >= 0.6 is 0 Å². The van der Waals surface area contributed by atoms with Gasteiger partial charge in [0.05, 0.1) is 11.1 Å². The number of amides is 1. The van der Waals surface area contributed by atoms with E-state index in [1.807, 2.05) is 19.1 Å². The van der Waals surface area contributed by atoms with Crippen LogP contribution in [0.25, 0.3) is 0 Å². The molecule has 0 aliphatic heterocycles. The van der Waals surface area contributed by atoms with Crippen LogP contribution in [0.1, 0.15) is 26.3 Å². The minimum Gasteiger partial charge on any atom is -0.478 e. The van der Waals surface area contributed by atoms with Gasteiger partial charge in [0.15, 0.2) is 0 Å². The van der Waals surface area contributed by atoms with E-state index < -0.39 is 11.9 Å². The lowest BCUT2D eigenvalue weighted by Crippen LogP contribution is -2.16. The minimum absolute atomic E-state index is 0.00730. The molecule has 0 aliphatic carbocycles. The quantitative estimate of drug-likeness (QED) is 0.886. The van der Waals surface area contributed by atoms with Crippen LogP contribution < -0.4 is 5.32 Å². The van der Waals surface area contributed by atoms with Crippen molar-refractivity contribution >= 4 is 17.6 Å². The second kappa shape index (κ2) is 5.35. The van der Waals surface area contributed by atoms with Crippen molar-refractivity contribution in [2.24, 2.45) is 0 Å². The molecular weight excluding hydrogens is 242 g/mol. The highest BCUT2D eigenvalue weighted by molar-refractivity contribution is 6.10. The van der Waals surface area contributed by atoms with E-state index in [1.165, 1.54) is 12.1 Å². The number of aromatic carboxylic acids is 1. The van der Waals surface area contributed by atoms with Gasteiger partial charge in [0, 0.05) is 5.69 Å². The Bertz CT molecular complexity index is 618. The van der Waals surface area contributed by atoms with Gasteiger partial charge in [0.1, 0.15) is 0 Å². The number of benzene rings is 2. The molecule has 4 nitrogen and oxygen atoms in total. The number of carboxylic acid groups (broad SMARTS) is 1. The highest BCUT2D eigenvalue weighted by Crippen LogP contribution is 2.13. The SMILES string of the molecule is Cc1ccc(NC(=O)c2ccccc2C(=O)O)cc1. The van der Waals surface area contributed by atoms with Gasteiger partial charge in [-0.3, -0.25) is 4.79 Å². The van der Waals surface area contributed by atoms with E-state index in [2.05, 4.69) is 5.32 Å². The van der Waals surface area contributed by atoms with Crippen LogP contribution in [0.5, 0.6) is 0 Å². The van der Waals surface area contributed by atoms with Crippen molar-refractivity contribution in [2.45, 2.75) is 6.92 Å². The van der Waals surface area contributed by atoms with Gasteiger partial charge >= 0.3 is 5.97 Å². The zero-order valence-electron chi connectivity index (χ0n) is 10.4. The molecule has 0 bridgehead atoms. The zero-order valence-corrected chi connectivity index (χ0v) is 10.4. The molecule has 2 N–H and O–H groups in total. The fraction of sp³-hybridized carbons (Fsp3) is 0.0667. The minimum atomic E-state index is -1.12. The number of anilines is 1. The Labute approximate surface area is 110 Å². The third kappa shape index (κ3) is 2.98. The number of hydrogen-bond donors (Lipinski definition) is 2. The predicted octanol–water partition coefficient (Wildman–Crippen LogP) is 2.95. The number of nitrogens with one attached hydrogen (secondary N) is 1. The molecule has 2 aromatic rings. The summed E-state index contributed by atoms with van der Waals surface area (Å²) < 4.78 is 0. The summed E-state index contributed by atoms with van der Waals surface area (Å²) in [5.74, 6) is -1.54. The van der Waals surface area contributed by atoms with Crippen LogP contribution in [0, 0.1) is 6.92 Å². The maximum atomic E-state index is 12.0. The van der Waals surface area contributed by atoms with E-state index in [0.717, 1.165) is 5.56 Å². The molecule has 96 valence electrons. The Balaban J connectivity index is 2.25. The van der Waals surface area contributed by atoms with Crippen LogP contribution in [0.15, 0.2) is 48.5 Å². The fourth-order valence-electron chi connectivity index (χ4n) is 1.70. The molecule has 0 saturated carbocycles. The highest BCUT2D eigenvalue weighted by Gasteiger charge is 2.15. The topological polar surface area (TPSA) is 66.4 Å². The predicted molar refractivity (Wildman–Crippen MR) is 72.5 cm³/mol. The third-order valence-corrected chi connectivity index (χ3v) is 2.71. The molecule has 0 aromatic heterocycles. The summed E-state index contributed by atoms with van der Waals surface area (Å²) in [5, 5.41) is 11.7. The number of aryl methyl sites for hydroxylation is 1. The molecule has 0 atom stereocenters. The number of carbonyl (C=O) groups is 2. The van der Waals surface area contributed by atoms with Crippen LogP contribution in [0.3, 0.4) is 0 Å². The summed E-state index contributed by atoms with van der Waals surface area (Å²) >= 11 is 0. The first kappa shape index (κ1) is 12.8. The molecule has 0 unspecified atom stereocenters. The second-order valence-electron chi connectivity index (χ2n) is 4.17. The largest absolute Gasteiger partial charge is 0.478 e. The number of carboxylic acids is 1. The summed E-state index contributed by atoms with van der Waals surface area (Å²) in [6.45, 7) is 1.95. The molecule has 0 aliphatic rings. The Kier molecular flexibility index (Phi) is 3.61. The van der Waals surface area contributed by atoms with Crippen LogP contribution in [0.4, 0.5) is 5.69 Å². The van der Waals surface area contributed by atoms with Gasteiger partial charge < -0.3 is 10.4 Å². The average molecular weight is 255 g/mol. The Morgan fingerprint density at radius 1 is 0.947 bits per heavy atom. The van der Waals surface area contributed by atoms with Gasteiger partial charge in [-0.25, -0.2) is 4.79 Å². The molecule has 0 heterocycles. The average Bonchev–Trinajstić information content (AvgIpc) is 2.41. The fourth-order valence-corrected chi connectivity index (χ4v) is 1.70. The first-order chi connectivity index (χ1) is 9.08. The van der Waals surface area contributed by atoms with Crippen molar-refractivity contribution < 1.29 is 14.7 Å². The van der Waals surface area contributed by atoms with Gasteiger partial charge in [0.25, 0.3) is 5.91 Å². The summed E-state index contributed by atoms with van der Waals surface area (Å²) in [4.78, 5) is 23.1. The number of hydrogen-bond acceptors (Lipinski definition) is 2. The lowest BCUT2D eigenvalue weighted by Gasteiger charge is -2.07. The summed E-state index contributed by atoms with van der Waals surface area (Å²) in [6.07, 6.45) is 0. The van der Waals surface area contributed by atoms with Gasteiger partial charge in [0.2, 0.25) is 0 Å². The molecular formula is C15H13NO3. The maximum Gasteiger partial charge on any atom is 0.336 e. The summed E-state index contributed by atoms with van der Waals surface area (Å²) in [7, 11) is 0. The Morgan fingerprint density at radius 3 is 2.11 bits per heavy atom. The normalized spacial score (nSPS) is 9.95. The smallest absolute Gasteiger partial charge is 0.336 e. The summed E-state index contributed by atoms with van der Waals surface area (Å²) in [6, 6.07) is 13.4. The number of carbonyl (C=O) groups excluding carboxylic acids is 1. The van der Waals surface area contributed by atoms with E-state index in [1.54, 1.807) is 24.3 Å². The van der Waals surface area contributed by atoms with E-state index >= 15 is 0 Å². The molecule has 19 heavy (non-hydrogen) atoms. The van der Waals surface area contributed by atoms with Gasteiger partial charge in [-0.2, -0.15) is 0 Å². The van der Waals surface area contributed by atoms with Crippen molar-refractivity contribution in [2.75, 3.05) is 5.32 Å². The Hall–Kier alpha value is -2.62. The van der Waals surface area contributed by atoms with Crippen molar-refractivity contribution in [3.8, 4) is 0 Å². The first-order valence-electron chi connectivity index (χ1n) is 5.78. The molecule has 0 saturated heterocycles. The zero-order chi connectivity index (χ0) is 13.8. The van der Waals surface area contributed by atoms with Crippen LogP contribution in [0.2, 0.25) is 0 Å². The molecule has 0 fully saturated rings. The lowest BCUT2D eigenvalue weighted by molar-refractivity contribution is 0.0692. The second-order valence-corrected chi connectivity index (χ2v) is 4.17. The van der Waals surface area contributed by atoms with Gasteiger partial charge in [-0.15, -0.1) is 0 Å². The third-order valence-electron chi connectivity index (χ3n) is 2.71. The monoisotopic (exact) mass is 255 g/mol. The van der Waals surface area contributed by atoms with Crippen molar-refractivity contribution in [1.82, 2.24) is 0 Å². The summed E-state index contributed by atoms with van der Waals surface area (Å²) in [5.41, 5.74) is 1.86. The maximum absolute atomic E-state index is 12.0. The van der Waals surface area contributed by atoms with E-state index in [4.69, 9.17) is 5.11 Å². The van der Waals surface area contributed by atoms with E-state index in [-0.39, 0.29) is 11.1 Å². The van der Waals surface area contributed by atoms with Crippen molar-refractivity contribution in [3.63, 3.8) is 0 Å². The molecule has 1 amide bonds. The van der Waals surface area contributed by atoms with E-state index in [9.17, 15) is 9.59 Å².